The number of nitrogens with one attached hydrogen (secondary N) is 1. The molecule has 0 bridgehead atoms. The van der Waals surface area contributed by atoms with E-state index >= 15 is 0 Å². The van der Waals surface area contributed by atoms with Crippen LogP contribution in [0.25, 0.3) is 0 Å². The Morgan fingerprint density at radius 2 is 2.19 bits per heavy atom. The molecule has 0 saturated carbocycles. The average Bonchev–Trinajstić information content (AvgIpc) is 3.03. The van der Waals surface area contributed by atoms with Gasteiger partial charge in [-0.25, -0.2) is 9.18 Å². The molecule has 4 unspecified atom stereocenters. The molecule has 1 aromatic carbocycles. The molecule has 3 heterocycles. The van der Waals surface area contributed by atoms with Crippen molar-refractivity contribution >= 4 is 20.2 Å². The lowest BCUT2D eigenvalue weighted by Gasteiger charge is -2.24. The molecule has 1 N–H and O–H groups in total. The van der Waals surface area contributed by atoms with Crippen molar-refractivity contribution in [3.8, 4) is 5.75 Å². The Balaban J connectivity index is 1.38. The Morgan fingerprint density at radius 3 is 3.04 bits per heavy atom. The normalized spacial score (nSPS) is 27.2. The highest BCUT2D eigenvalue weighted by Crippen LogP contribution is 2.47. The van der Waals surface area contributed by atoms with Gasteiger partial charge in [0.25, 0.3) is 5.56 Å². The Bertz CT molecular complexity index is 953. The minimum Gasteiger partial charge on any atom is -0.426 e. The second-order valence-electron chi connectivity index (χ2n) is 6.02. The van der Waals surface area contributed by atoms with Crippen molar-refractivity contribution in [3.63, 3.8) is 0 Å². The van der Waals surface area contributed by atoms with E-state index in [1.165, 1.54) is 0 Å². The smallest absolute Gasteiger partial charge is 0.397 e. The van der Waals surface area contributed by atoms with Crippen molar-refractivity contribution in [3.05, 3.63) is 61.9 Å². The maximum atomic E-state index is 14.3. The Labute approximate surface area is 158 Å². The van der Waals surface area contributed by atoms with Gasteiger partial charge in [0.1, 0.15) is 29.3 Å². The molecular formula is C16H15ClFN2O6P. The number of alkyl halides is 1. The first-order chi connectivity index (χ1) is 13.0. The van der Waals surface area contributed by atoms with Crippen LogP contribution < -0.4 is 15.8 Å². The lowest BCUT2D eigenvalue weighted by Crippen LogP contribution is -2.32. The number of nitrogens with zero attached hydrogens (tertiary/aromatic N) is 1. The molecule has 4 rings (SSSR count). The maximum absolute atomic E-state index is 14.3. The number of benzene rings is 1. The van der Waals surface area contributed by atoms with Crippen molar-refractivity contribution in [2.45, 2.75) is 31.5 Å². The van der Waals surface area contributed by atoms with Crippen molar-refractivity contribution in [2.24, 2.45) is 0 Å². The van der Waals surface area contributed by atoms with E-state index in [4.69, 9.17) is 29.9 Å². The summed E-state index contributed by atoms with van der Waals surface area (Å²) in [4.78, 5) is 25.3. The standard InChI is InChI=1S/C16H15ClFN2O6P/c17-10-6-20(16(22)19-15(10)21)14-5-11(18)13(25-14)8-24-27-23-7-9-3-1-2-4-12(9)26-27/h1-4,6,11,13-14H,5,7-8H2,(H,19,21,22). The molecule has 1 saturated heterocycles. The van der Waals surface area contributed by atoms with Crippen molar-refractivity contribution < 1.29 is 22.7 Å². The van der Waals surface area contributed by atoms with Gasteiger partial charge in [0, 0.05) is 18.2 Å². The van der Waals surface area contributed by atoms with Gasteiger partial charge in [-0.05, 0) is 6.07 Å². The van der Waals surface area contributed by atoms with Gasteiger partial charge >= 0.3 is 14.3 Å². The quantitative estimate of drug-likeness (QED) is 0.770. The van der Waals surface area contributed by atoms with E-state index in [2.05, 4.69) is 4.98 Å². The number of fused-ring (bicyclic) bond motifs is 1. The second kappa shape index (κ2) is 7.69. The van der Waals surface area contributed by atoms with Crippen LogP contribution in [0.1, 0.15) is 18.2 Å². The highest BCUT2D eigenvalue weighted by Gasteiger charge is 2.38. The predicted octanol–water partition coefficient (Wildman–Crippen LogP) is 2.67. The molecular weight excluding hydrogens is 402 g/mol. The van der Waals surface area contributed by atoms with Crippen LogP contribution in [0, 0.1) is 0 Å². The van der Waals surface area contributed by atoms with E-state index in [1.807, 2.05) is 24.3 Å². The lowest BCUT2D eigenvalue weighted by molar-refractivity contribution is -0.0335. The Kier molecular flexibility index (Phi) is 5.29. The fourth-order valence-electron chi connectivity index (χ4n) is 2.82. The third-order valence-corrected chi connectivity index (χ3v) is 5.53. The fourth-order valence-corrected chi connectivity index (χ4v) is 4.01. The molecule has 0 radical (unpaired) electrons. The van der Waals surface area contributed by atoms with E-state index in [0.29, 0.717) is 12.4 Å². The highest BCUT2D eigenvalue weighted by atomic mass is 35.5. The summed E-state index contributed by atoms with van der Waals surface area (Å²) in [5, 5.41) is -0.181. The Morgan fingerprint density at radius 1 is 1.37 bits per heavy atom. The van der Waals surface area contributed by atoms with E-state index < -0.39 is 38.4 Å². The largest absolute Gasteiger partial charge is 0.426 e. The summed E-state index contributed by atoms with van der Waals surface area (Å²) < 4.78 is 37.6. The third-order valence-electron chi connectivity index (χ3n) is 4.21. The summed E-state index contributed by atoms with van der Waals surface area (Å²) in [5.74, 6) is 0.673. The number of aromatic amines is 1. The fraction of sp³-hybridized carbons (Fsp3) is 0.375. The number of hydrogen-bond acceptors (Lipinski definition) is 6. The zero-order chi connectivity index (χ0) is 19.0. The summed E-state index contributed by atoms with van der Waals surface area (Å²) in [6.07, 6.45) is -2.09. The molecule has 2 aromatic rings. The van der Waals surface area contributed by atoms with Gasteiger partial charge in [-0.3, -0.25) is 23.4 Å². The van der Waals surface area contributed by atoms with E-state index in [1.54, 1.807) is 0 Å². The number of para-hydroxylation sites is 1. The van der Waals surface area contributed by atoms with Crippen LogP contribution >= 0.6 is 20.2 Å². The predicted molar refractivity (Wildman–Crippen MR) is 94.5 cm³/mol. The third kappa shape index (κ3) is 3.93. The monoisotopic (exact) mass is 416 g/mol. The minimum atomic E-state index is -1.66. The lowest BCUT2D eigenvalue weighted by atomic mass is 10.2. The molecule has 2 aliphatic rings. The summed E-state index contributed by atoms with van der Waals surface area (Å²) >= 11 is 5.73. The van der Waals surface area contributed by atoms with Crippen LogP contribution in [0.15, 0.2) is 40.1 Å². The molecule has 144 valence electrons. The average molecular weight is 417 g/mol. The van der Waals surface area contributed by atoms with E-state index in [0.717, 1.165) is 16.3 Å². The number of H-pyrrole nitrogens is 1. The van der Waals surface area contributed by atoms with Gasteiger partial charge < -0.3 is 9.26 Å². The molecule has 27 heavy (non-hydrogen) atoms. The van der Waals surface area contributed by atoms with Crippen LogP contribution in [-0.2, 0) is 20.4 Å². The van der Waals surface area contributed by atoms with E-state index in [-0.39, 0.29) is 18.1 Å². The van der Waals surface area contributed by atoms with Gasteiger partial charge in [0.2, 0.25) is 0 Å². The molecule has 0 spiro atoms. The summed E-state index contributed by atoms with van der Waals surface area (Å²) in [7, 11) is -1.66. The SMILES string of the molecule is O=c1[nH]c(=O)n(C2CC(F)C(COP3OCc4ccccc4O3)O2)cc1Cl. The minimum absolute atomic E-state index is 0.0707. The van der Waals surface area contributed by atoms with Gasteiger partial charge in [-0.2, -0.15) is 0 Å². The molecule has 8 nitrogen and oxygen atoms in total. The van der Waals surface area contributed by atoms with Crippen LogP contribution in [0.5, 0.6) is 5.75 Å². The second-order valence-corrected chi connectivity index (χ2v) is 7.57. The molecule has 2 aliphatic heterocycles. The molecule has 1 aromatic heterocycles. The van der Waals surface area contributed by atoms with Crippen molar-refractivity contribution in [2.75, 3.05) is 6.61 Å². The highest BCUT2D eigenvalue weighted by molar-refractivity contribution is 7.42. The van der Waals surface area contributed by atoms with Gasteiger partial charge in [0.15, 0.2) is 0 Å². The topological polar surface area (TPSA) is 91.8 Å². The molecule has 1 fully saturated rings. The van der Waals surface area contributed by atoms with Crippen LogP contribution in [-0.4, -0.2) is 28.4 Å². The number of rotatable bonds is 4. The van der Waals surface area contributed by atoms with Crippen LogP contribution in [0.2, 0.25) is 5.02 Å². The van der Waals surface area contributed by atoms with E-state index in [9.17, 15) is 14.0 Å². The summed E-state index contributed by atoms with van der Waals surface area (Å²) in [5.41, 5.74) is -0.514. The number of hydrogen-bond donors (Lipinski definition) is 1. The van der Waals surface area contributed by atoms with Gasteiger partial charge in [-0.15, -0.1) is 0 Å². The zero-order valence-corrected chi connectivity index (χ0v) is 15.5. The first-order valence-electron chi connectivity index (χ1n) is 8.13. The van der Waals surface area contributed by atoms with Gasteiger partial charge in [0.05, 0.1) is 13.2 Å². The summed E-state index contributed by atoms with van der Waals surface area (Å²) in [6, 6.07) is 7.42. The van der Waals surface area contributed by atoms with Crippen LogP contribution in [0.4, 0.5) is 4.39 Å². The zero-order valence-electron chi connectivity index (χ0n) is 13.8. The van der Waals surface area contributed by atoms with Crippen molar-refractivity contribution in [1.82, 2.24) is 9.55 Å². The first-order valence-corrected chi connectivity index (χ1v) is 9.61. The van der Waals surface area contributed by atoms with Crippen molar-refractivity contribution in [1.29, 1.82) is 0 Å². The molecule has 4 atom stereocenters. The molecule has 0 aliphatic carbocycles. The number of aromatic nitrogens is 2. The summed E-state index contributed by atoms with van der Waals surface area (Å²) in [6.45, 7) is 0.248. The molecule has 0 amide bonds. The number of halogens is 2. The maximum Gasteiger partial charge on any atom is 0.397 e. The Hall–Kier alpha value is -1.77. The first kappa shape index (κ1) is 18.6. The molecule has 11 heteroatoms. The van der Waals surface area contributed by atoms with Gasteiger partial charge in [-0.1, -0.05) is 29.8 Å². The van der Waals surface area contributed by atoms with Crippen LogP contribution in [0.3, 0.4) is 0 Å². The number of ether oxygens (including phenoxy) is 1.